The molecule has 0 spiro atoms. The summed E-state index contributed by atoms with van der Waals surface area (Å²) in [5.74, 6) is -1.14. The van der Waals surface area contributed by atoms with Crippen LogP contribution in [0.2, 0.25) is 0 Å². The number of aryl methyl sites for hydroxylation is 1. The lowest BCUT2D eigenvalue weighted by molar-refractivity contribution is -0.116. The summed E-state index contributed by atoms with van der Waals surface area (Å²) in [5, 5.41) is 8.02. The van der Waals surface area contributed by atoms with Crippen molar-refractivity contribution in [1.82, 2.24) is 5.32 Å². The molecule has 5 aromatic rings. The maximum absolute atomic E-state index is 13.5. The molecule has 1 unspecified atom stereocenters. The van der Waals surface area contributed by atoms with Gasteiger partial charge in [0.25, 0.3) is 11.8 Å². The third kappa shape index (κ3) is 9.15. The molecule has 5 aromatic carbocycles. The highest BCUT2D eigenvalue weighted by Gasteiger charge is 2.23. The van der Waals surface area contributed by atoms with E-state index in [9.17, 15) is 19.2 Å². The minimum atomic E-state index is -0.568. The van der Waals surface area contributed by atoms with E-state index in [1.165, 1.54) is 18.7 Å². The predicted octanol–water partition coefficient (Wildman–Crippen LogP) is 8.08. The Morgan fingerprint density at radius 1 is 0.638 bits per heavy atom. The maximum Gasteiger partial charge on any atom is 0.272 e. The molecule has 0 aliphatic rings. The first-order valence-corrected chi connectivity index (χ1v) is 15.8. The molecule has 7 nitrogen and oxygen atoms in total. The van der Waals surface area contributed by atoms with E-state index in [0.717, 1.165) is 21.6 Å². The van der Waals surface area contributed by atoms with Crippen LogP contribution in [0.25, 0.3) is 6.08 Å². The van der Waals surface area contributed by atoms with Gasteiger partial charge in [0, 0.05) is 27.4 Å². The Hall–Kier alpha value is -5.73. The molecule has 234 valence electrons. The second-order valence-electron chi connectivity index (χ2n) is 10.8. The van der Waals surface area contributed by atoms with Crippen LogP contribution in [0, 0.1) is 6.92 Å². The highest BCUT2D eigenvalue weighted by molar-refractivity contribution is 8.00. The largest absolute Gasteiger partial charge is 0.325 e. The third-order valence-corrected chi connectivity index (χ3v) is 8.45. The minimum Gasteiger partial charge on any atom is -0.325 e. The van der Waals surface area contributed by atoms with Gasteiger partial charge in [-0.05, 0) is 91.7 Å². The van der Waals surface area contributed by atoms with Crippen LogP contribution in [0.5, 0.6) is 0 Å². The van der Waals surface area contributed by atoms with Crippen LogP contribution in [0.15, 0.2) is 144 Å². The van der Waals surface area contributed by atoms with Crippen molar-refractivity contribution in [2.24, 2.45) is 0 Å². The van der Waals surface area contributed by atoms with Crippen molar-refractivity contribution in [3.05, 3.63) is 167 Å². The molecule has 3 N–H and O–H groups in total. The van der Waals surface area contributed by atoms with E-state index in [2.05, 4.69) is 16.0 Å². The number of anilines is 2. The fraction of sp³-hybridized carbons (Fsp3) is 0.0769. The maximum atomic E-state index is 13.5. The van der Waals surface area contributed by atoms with Crippen LogP contribution in [0.1, 0.15) is 49.6 Å². The van der Waals surface area contributed by atoms with Crippen molar-refractivity contribution < 1.29 is 19.2 Å². The van der Waals surface area contributed by atoms with Crippen LogP contribution < -0.4 is 16.0 Å². The van der Waals surface area contributed by atoms with Gasteiger partial charge in [-0.15, -0.1) is 11.8 Å². The highest BCUT2D eigenvalue weighted by Crippen LogP contribution is 2.37. The summed E-state index contributed by atoms with van der Waals surface area (Å²) in [5.41, 5.74) is 4.88. The highest BCUT2D eigenvalue weighted by atomic mass is 32.2. The monoisotopic (exact) mass is 639 g/mol. The van der Waals surface area contributed by atoms with Crippen LogP contribution in [-0.4, -0.2) is 23.5 Å². The number of ketones is 1. The van der Waals surface area contributed by atoms with E-state index < -0.39 is 17.1 Å². The number of benzene rings is 5. The molecule has 47 heavy (non-hydrogen) atoms. The zero-order chi connectivity index (χ0) is 33.2. The van der Waals surface area contributed by atoms with E-state index in [-0.39, 0.29) is 17.4 Å². The Bertz CT molecular complexity index is 1890. The van der Waals surface area contributed by atoms with Crippen LogP contribution in [0.3, 0.4) is 0 Å². The number of nitrogens with one attached hydrogen (secondary N) is 3. The zero-order valence-corrected chi connectivity index (χ0v) is 26.7. The molecule has 0 fully saturated rings. The van der Waals surface area contributed by atoms with Gasteiger partial charge in [-0.1, -0.05) is 78.4 Å². The zero-order valence-electron chi connectivity index (χ0n) is 25.9. The summed E-state index contributed by atoms with van der Waals surface area (Å²) in [4.78, 5) is 52.3. The van der Waals surface area contributed by atoms with E-state index in [1.54, 1.807) is 66.7 Å². The molecule has 5 rings (SSSR count). The van der Waals surface area contributed by atoms with Gasteiger partial charge in [-0.3, -0.25) is 19.2 Å². The Morgan fingerprint density at radius 3 is 1.83 bits per heavy atom. The molecule has 8 heteroatoms. The molecule has 0 aliphatic heterocycles. The van der Waals surface area contributed by atoms with Crippen LogP contribution in [-0.2, 0) is 9.59 Å². The lowest BCUT2D eigenvalue weighted by atomic mass is 10.1. The summed E-state index contributed by atoms with van der Waals surface area (Å²) < 4.78 is 0. The number of rotatable bonds is 11. The topological polar surface area (TPSA) is 104 Å². The van der Waals surface area contributed by atoms with Gasteiger partial charge in [0.2, 0.25) is 5.91 Å². The van der Waals surface area contributed by atoms with E-state index in [1.807, 2.05) is 79.7 Å². The van der Waals surface area contributed by atoms with Gasteiger partial charge in [-0.25, -0.2) is 0 Å². The van der Waals surface area contributed by atoms with Gasteiger partial charge in [0.05, 0.1) is 0 Å². The first-order chi connectivity index (χ1) is 22.7. The summed E-state index contributed by atoms with van der Waals surface area (Å²) in [7, 11) is 0. The van der Waals surface area contributed by atoms with Gasteiger partial charge in [0.1, 0.15) is 10.9 Å². The summed E-state index contributed by atoms with van der Waals surface area (Å²) >= 11 is 1.37. The molecule has 0 saturated heterocycles. The van der Waals surface area contributed by atoms with E-state index in [4.69, 9.17) is 0 Å². The average Bonchev–Trinajstić information content (AvgIpc) is 3.09. The van der Waals surface area contributed by atoms with Crippen molar-refractivity contribution >= 4 is 52.7 Å². The number of thioether (sulfide) groups is 1. The number of hydrogen-bond donors (Lipinski definition) is 3. The Kier molecular flexibility index (Phi) is 10.8. The molecular formula is C39H33N3O4S. The smallest absolute Gasteiger partial charge is 0.272 e. The molecule has 0 heterocycles. The second kappa shape index (κ2) is 15.5. The van der Waals surface area contributed by atoms with Crippen molar-refractivity contribution in [2.45, 2.75) is 24.0 Å². The lowest BCUT2D eigenvalue weighted by Gasteiger charge is -2.18. The summed E-state index contributed by atoms with van der Waals surface area (Å²) in [6, 6.07) is 39.7. The Labute approximate surface area is 278 Å². The van der Waals surface area contributed by atoms with Crippen LogP contribution >= 0.6 is 11.8 Å². The van der Waals surface area contributed by atoms with E-state index >= 15 is 0 Å². The molecule has 0 aliphatic carbocycles. The Morgan fingerprint density at radius 2 is 1.21 bits per heavy atom. The molecule has 0 radical (unpaired) electrons. The normalized spacial score (nSPS) is 11.7. The fourth-order valence-electron chi connectivity index (χ4n) is 4.62. The van der Waals surface area contributed by atoms with Crippen molar-refractivity contribution in [3.63, 3.8) is 0 Å². The average molecular weight is 640 g/mol. The lowest BCUT2D eigenvalue weighted by Crippen LogP contribution is -2.30. The third-order valence-electron chi connectivity index (χ3n) is 7.18. The number of Topliss-reactive ketones (excluding diaryl/α,β-unsaturated/α-hetero) is 1. The van der Waals surface area contributed by atoms with Gasteiger partial charge >= 0.3 is 0 Å². The number of carbonyl (C=O) groups is 4. The molecule has 0 saturated carbocycles. The number of carbonyl (C=O) groups excluding carboxylic acids is 4. The number of amides is 3. The summed E-state index contributed by atoms with van der Waals surface area (Å²) in [6.07, 6.45) is 1.64. The fourth-order valence-corrected chi connectivity index (χ4v) is 5.64. The molecule has 0 bridgehead atoms. The molecular weight excluding hydrogens is 607 g/mol. The van der Waals surface area contributed by atoms with Crippen molar-refractivity contribution in [3.8, 4) is 0 Å². The number of hydrogen-bond acceptors (Lipinski definition) is 5. The molecule has 1 atom stereocenters. The SMILES string of the molecule is CC(=O)c1ccc(NC(=O)C(Sc2ccc(NC(=O)/C(=C/c3ccc(C)cc3)NC(=O)c3ccccc3)cc2)c2ccccc2)cc1. The second-order valence-corrected chi connectivity index (χ2v) is 12.0. The Balaban J connectivity index is 1.31. The molecule has 0 aromatic heterocycles. The molecule has 3 amide bonds. The predicted molar refractivity (Wildman–Crippen MR) is 188 cm³/mol. The van der Waals surface area contributed by atoms with Crippen molar-refractivity contribution in [2.75, 3.05) is 10.6 Å². The standard InChI is InChI=1S/C39H33N3O4S/c1-26-13-15-28(16-14-26)25-35(42-37(44)31-11-7-4-8-12-31)38(45)40-33-21-23-34(24-22-33)47-36(30-9-5-3-6-10-30)39(46)41-32-19-17-29(18-20-32)27(2)43/h3-25,36H,1-2H3,(H,40,45)(H,41,46)(H,42,44)/b35-25-. The van der Waals surface area contributed by atoms with Crippen molar-refractivity contribution in [1.29, 1.82) is 0 Å². The quantitative estimate of drug-likeness (QED) is 0.0770. The minimum absolute atomic E-state index is 0.0457. The summed E-state index contributed by atoms with van der Waals surface area (Å²) in [6.45, 7) is 3.47. The first-order valence-electron chi connectivity index (χ1n) is 14.9. The van der Waals surface area contributed by atoms with Gasteiger partial charge < -0.3 is 16.0 Å². The van der Waals surface area contributed by atoms with E-state index in [0.29, 0.717) is 22.5 Å². The van der Waals surface area contributed by atoms with Crippen LogP contribution in [0.4, 0.5) is 11.4 Å². The first kappa shape index (κ1) is 32.7. The van der Waals surface area contributed by atoms with Gasteiger partial charge in [-0.2, -0.15) is 0 Å². The van der Waals surface area contributed by atoms with Gasteiger partial charge in [0.15, 0.2) is 5.78 Å².